The second kappa shape index (κ2) is 14.3. The fourth-order valence-electron chi connectivity index (χ4n) is 4.78. The molecule has 4 rings (SSSR count). The largest absolute Gasteiger partial charge is 0.491 e. The molecule has 0 saturated heterocycles. The second-order valence-electron chi connectivity index (χ2n) is 11.1. The first-order valence-corrected chi connectivity index (χ1v) is 14.2. The van der Waals surface area contributed by atoms with Crippen LogP contribution < -0.4 is 15.4 Å². The van der Waals surface area contributed by atoms with Crippen LogP contribution in [0.5, 0.6) is 5.75 Å². The summed E-state index contributed by atoms with van der Waals surface area (Å²) in [5.41, 5.74) is 3.24. The van der Waals surface area contributed by atoms with Gasteiger partial charge in [-0.3, -0.25) is 0 Å². The van der Waals surface area contributed by atoms with E-state index in [-0.39, 0.29) is 6.61 Å². The minimum absolute atomic E-state index is 0.188. The third kappa shape index (κ3) is 8.89. The Kier molecular flexibility index (Phi) is 10.5. The number of anilines is 2. The van der Waals surface area contributed by atoms with Gasteiger partial charge in [0.2, 0.25) is 5.95 Å². The van der Waals surface area contributed by atoms with Gasteiger partial charge in [0.1, 0.15) is 23.7 Å². The van der Waals surface area contributed by atoms with Gasteiger partial charge < -0.3 is 34.5 Å². The smallest absolute Gasteiger partial charge is 0.407 e. The van der Waals surface area contributed by atoms with Crippen molar-refractivity contribution in [3.05, 3.63) is 47.5 Å². The highest BCUT2D eigenvalue weighted by molar-refractivity contribution is 5.70. The first-order valence-electron chi connectivity index (χ1n) is 14.2. The fraction of sp³-hybridized carbons (Fsp3) is 0.533. The summed E-state index contributed by atoms with van der Waals surface area (Å²) in [7, 11) is 0. The van der Waals surface area contributed by atoms with Crippen LogP contribution in [-0.2, 0) is 16.1 Å². The van der Waals surface area contributed by atoms with E-state index < -0.39 is 11.7 Å². The molecule has 0 spiro atoms. The minimum atomic E-state index is -0.534. The summed E-state index contributed by atoms with van der Waals surface area (Å²) in [6, 6.07) is 7.48. The zero-order chi connectivity index (χ0) is 29.2. The molecule has 2 aromatic heterocycles. The van der Waals surface area contributed by atoms with E-state index in [1.807, 2.05) is 52.0 Å². The number of benzene rings is 1. The predicted molar refractivity (Wildman–Crippen MR) is 154 cm³/mol. The first kappa shape index (κ1) is 30.3. The highest BCUT2D eigenvalue weighted by Gasteiger charge is 2.27. The third-order valence-electron chi connectivity index (χ3n) is 6.65. The molecule has 0 unspecified atom stereocenters. The minimum Gasteiger partial charge on any atom is -0.491 e. The number of hydrogen-bond acceptors (Lipinski definition) is 10. The number of aliphatic hydroxyl groups excluding tert-OH is 1. The number of aromatic nitrogens is 3. The Hall–Kier alpha value is -3.70. The van der Waals surface area contributed by atoms with Crippen molar-refractivity contribution in [3.8, 4) is 17.0 Å². The number of carbonyl (C=O) groups excluding carboxylic acids is 1. The number of nitrogens with zero attached hydrogens (tertiary/aromatic N) is 3. The zero-order valence-corrected chi connectivity index (χ0v) is 24.4. The summed E-state index contributed by atoms with van der Waals surface area (Å²) in [5, 5.41) is 20.3. The van der Waals surface area contributed by atoms with Crippen LogP contribution in [0.1, 0.15) is 75.8 Å². The Labute approximate surface area is 241 Å². The molecular weight excluding hydrogens is 526 g/mol. The van der Waals surface area contributed by atoms with Crippen LogP contribution in [0.15, 0.2) is 35.0 Å². The Morgan fingerprint density at radius 2 is 1.95 bits per heavy atom. The monoisotopic (exact) mass is 567 g/mol. The molecular formula is C30H41N5O6. The molecule has 1 fully saturated rings. The molecule has 11 heteroatoms. The molecule has 11 nitrogen and oxygen atoms in total. The molecule has 0 atom stereocenters. The quantitative estimate of drug-likeness (QED) is 0.235. The molecule has 1 amide bonds. The number of amides is 1. The average Bonchev–Trinajstić information content (AvgIpc) is 3.33. The van der Waals surface area contributed by atoms with Crippen LogP contribution in [-0.4, -0.2) is 58.3 Å². The number of nitrogens with one attached hydrogen (secondary N) is 2. The molecule has 2 heterocycles. The van der Waals surface area contributed by atoms with Gasteiger partial charge in [-0.15, -0.1) is 0 Å². The highest BCUT2D eigenvalue weighted by atomic mass is 16.6. The van der Waals surface area contributed by atoms with E-state index in [1.165, 1.54) is 19.3 Å². The molecule has 222 valence electrons. The first-order chi connectivity index (χ1) is 19.7. The van der Waals surface area contributed by atoms with Crippen LogP contribution in [0.3, 0.4) is 0 Å². The second-order valence-corrected chi connectivity index (χ2v) is 11.1. The molecule has 1 aliphatic rings. The Morgan fingerprint density at radius 3 is 2.71 bits per heavy atom. The number of ether oxygens (including phenoxy) is 3. The van der Waals surface area contributed by atoms with Crippen molar-refractivity contribution in [2.75, 3.05) is 31.7 Å². The van der Waals surface area contributed by atoms with Crippen LogP contribution in [0.25, 0.3) is 11.3 Å². The lowest BCUT2D eigenvalue weighted by Crippen LogP contribution is -2.34. The lowest BCUT2D eigenvalue weighted by atomic mass is 9.84. The molecule has 1 aliphatic carbocycles. The summed E-state index contributed by atoms with van der Waals surface area (Å²) in [4.78, 5) is 20.9. The average molecular weight is 568 g/mol. The van der Waals surface area contributed by atoms with Crippen molar-refractivity contribution in [1.29, 1.82) is 0 Å². The Balaban J connectivity index is 1.33. The third-order valence-corrected chi connectivity index (χ3v) is 6.65. The van der Waals surface area contributed by atoms with Gasteiger partial charge in [0.15, 0.2) is 0 Å². The SMILES string of the molecule is Cc1onc(C2CCCCC2)c1-c1nc(Nc2cccc(OCCOCCNC(=O)OC(C)(C)C)c2)ncc1CO. The van der Waals surface area contributed by atoms with Gasteiger partial charge in [-0.1, -0.05) is 30.5 Å². The predicted octanol–water partition coefficient (Wildman–Crippen LogP) is 5.64. The maximum atomic E-state index is 11.7. The van der Waals surface area contributed by atoms with E-state index in [2.05, 4.69) is 20.8 Å². The van der Waals surface area contributed by atoms with E-state index in [1.54, 1.807) is 6.20 Å². The standard InChI is InChI=1S/C30H41N5O6/c1-20-25(27(35-41-20)21-9-6-5-7-10-21)26-22(19-36)18-32-28(34-26)33-23-11-8-12-24(17-23)39-16-15-38-14-13-31-29(37)40-30(2,3)4/h8,11-12,17-18,21,36H,5-7,9-10,13-16,19H2,1-4H3,(H,31,37)(H,32,33,34). The lowest BCUT2D eigenvalue weighted by Gasteiger charge is -2.20. The molecule has 0 bridgehead atoms. The molecule has 3 N–H and O–H groups in total. The van der Waals surface area contributed by atoms with Crippen LogP contribution in [0, 0.1) is 6.92 Å². The van der Waals surface area contributed by atoms with Gasteiger partial charge in [-0.2, -0.15) is 0 Å². The maximum Gasteiger partial charge on any atom is 0.407 e. The van der Waals surface area contributed by atoms with Gasteiger partial charge in [0.05, 0.1) is 36.8 Å². The highest BCUT2D eigenvalue weighted by Crippen LogP contribution is 2.39. The van der Waals surface area contributed by atoms with Crippen molar-refractivity contribution in [1.82, 2.24) is 20.4 Å². The summed E-state index contributed by atoms with van der Waals surface area (Å²) in [5.74, 6) is 2.06. The van der Waals surface area contributed by atoms with Crippen LogP contribution in [0.2, 0.25) is 0 Å². The number of carbonyl (C=O) groups is 1. The van der Waals surface area contributed by atoms with Crippen molar-refractivity contribution in [3.63, 3.8) is 0 Å². The van der Waals surface area contributed by atoms with Crippen molar-refractivity contribution >= 4 is 17.7 Å². The maximum absolute atomic E-state index is 11.7. The van der Waals surface area contributed by atoms with Crippen LogP contribution in [0.4, 0.5) is 16.4 Å². The summed E-state index contributed by atoms with van der Waals surface area (Å²) in [6.07, 6.45) is 6.91. The van der Waals surface area contributed by atoms with E-state index in [9.17, 15) is 9.90 Å². The fourth-order valence-corrected chi connectivity index (χ4v) is 4.78. The Bertz CT molecular complexity index is 1280. The van der Waals surface area contributed by atoms with E-state index in [0.29, 0.717) is 61.0 Å². The van der Waals surface area contributed by atoms with E-state index >= 15 is 0 Å². The van der Waals surface area contributed by atoms with Crippen LogP contribution >= 0.6 is 0 Å². The number of hydrogen-bond donors (Lipinski definition) is 3. The summed E-state index contributed by atoms with van der Waals surface area (Å²) >= 11 is 0. The zero-order valence-electron chi connectivity index (χ0n) is 24.4. The van der Waals surface area contributed by atoms with Gasteiger partial charge in [0, 0.05) is 36.0 Å². The normalized spacial score (nSPS) is 14.1. The summed E-state index contributed by atoms with van der Waals surface area (Å²) < 4.78 is 22.2. The summed E-state index contributed by atoms with van der Waals surface area (Å²) in [6.45, 7) is 8.55. The molecule has 1 aromatic carbocycles. The molecule has 41 heavy (non-hydrogen) atoms. The van der Waals surface area contributed by atoms with Gasteiger partial charge in [0.25, 0.3) is 0 Å². The Morgan fingerprint density at radius 1 is 1.15 bits per heavy atom. The molecule has 1 saturated carbocycles. The van der Waals surface area contributed by atoms with Crippen molar-refractivity contribution in [2.45, 2.75) is 77.9 Å². The van der Waals surface area contributed by atoms with E-state index in [0.717, 1.165) is 29.8 Å². The van der Waals surface area contributed by atoms with Crippen molar-refractivity contribution < 1.29 is 28.6 Å². The van der Waals surface area contributed by atoms with Gasteiger partial charge >= 0.3 is 6.09 Å². The lowest BCUT2D eigenvalue weighted by molar-refractivity contribution is 0.0489. The van der Waals surface area contributed by atoms with Crippen molar-refractivity contribution in [2.24, 2.45) is 0 Å². The number of rotatable bonds is 12. The molecule has 0 radical (unpaired) electrons. The molecule has 0 aliphatic heterocycles. The number of aliphatic hydroxyl groups is 1. The number of aryl methyl sites for hydroxylation is 1. The van der Waals surface area contributed by atoms with E-state index in [4.69, 9.17) is 23.7 Å². The topological polar surface area (TPSA) is 141 Å². The number of alkyl carbamates (subject to hydrolysis) is 1. The molecule has 3 aromatic rings. The van der Waals surface area contributed by atoms with Gasteiger partial charge in [-0.05, 0) is 52.7 Å². The van der Waals surface area contributed by atoms with Gasteiger partial charge in [-0.25, -0.2) is 14.8 Å².